The van der Waals surface area contributed by atoms with Crippen LogP contribution in [0.2, 0.25) is 0 Å². The van der Waals surface area contributed by atoms with Crippen LogP contribution in [0.25, 0.3) is 5.69 Å². The van der Waals surface area contributed by atoms with Crippen molar-refractivity contribution in [3.63, 3.8) is 0 Å². The molecule has 0 aliphatic rings. The number of amides is 1. The van der Waals surface area contributed by atoms with E-state index in [1.807, 2.05) is 18.3 Å². The fourth-order valence-corrected chi connectivity index (χ4v) is 3.13. The van der Waals surface area contributed by atoms with Crippen molar-refractivity contribution in [1.29, 1.82) is 0 Å². The van der Waals surface area contributed by atoms with E-state index < -0.39 is 0 Å². The number of aromatic nitrogens is 4. The van der Waals surface area contributed by atoms with Crippen LogP contribution < -0.4 is 0 Å². The van der Waals surface area contributed by atoms with E-state index in [2.05, 4.69) is 22.2 Å². The first-order valence-corrected chi connectivity index (χ1v) is 8.15. The van der Waals surface area contributed by atoms with Gasteiger partial charge in [0, 0.05) is 23.7 Å². The number of carbonyl (C=O) groups excluding carboxylic acids is 1. The molecule has 0 fully saturated rings. The average Bonchev–Trinajstić information content (AvgIpc) is 3.26. The largest absolute Gasteiger partial charge is 0.337 e. The highest BCUT2D eigenvalue weighted by atomic mass is 32.1. The van der Waals surface area contributed by atoms with Crippen molar-refractivity contribution in [1.82, 2.24) is 24.9 Å². The fourth-order valence-electron chi connectivity index (χ4n) is 2.21. The Bertz CT molecular complexity index is 779. The van der Waals surface area contributed by atoms with Gasteiger partial charge < -0.3 is 4.90 Å². The maximum absolute atomic E-state index is 12.5. The normalized spacial score (nSPS) is 10.7. The number of nitrogens with zero attached hydrogens (tertiary/aromatic N) is 5. The topological polar surface area (TPSA) is 63.9 Å². The molecule has 2 heterocycles. The minimum atomic E-state index is -0.0124. The minimum absolute atomic E-state index is 0.0124. The molecule has 6 nitrogen and oxygen atoms in total. The van der Waals surface area contributed by atoms with Crippen molar-refractivity contribution >= 4 is 17.2 Å². The first kappa shape index (κ1) is 15.4. The lowest BCUT2D eigenvalue weighted by molar-refractivity contribution is 0.0786. The van der Waals surface area contributed by atoms with Crippen molar-refractivity contribution in [2.24, 2.45) is 0 Å². The molecule has 0 saturated heterocycles. The molecule has 23 heavy (non-hydrogen) atoms. The summed E-state index contributed by atoms with van der Waals surface area (Å²) in [4.78, 5) is 19.6. The first-order valence-electron chi connectivity index (χ1n) is 7.33. The van der Waals surface area contributed by atoms with Crippen LogP contribution in [0, 0.1) is 0 Å². The molecule has 3 rings (SSSR count). The summed E-state index contributed by atoms with van der Waals surface area (Å²) < 4.78 is 1.65. The zero-order chi connectivity index (χ0) is 16.2. The summed E-state index contributed by atoms with van der Waals surface area (Å²) in [6.45, 7) is 2.65. The van der Waals surface area contributed by atoms with E-state index in [0.29, 0.717) is 12.1 Å². The molecule has 0 radical (unpaired) electrons. The third kappa shape index (κ3) is 3.45. The first-order chi connectivity index (χ1) is 11.2. The molecule has 1 aromatic carbocycles. The third-order valence-electron chi connectivity index (χ3n) is 3.44. The van der Waals surface area contributed by atoms with Crippen LogP contribution in [0.5, 0.6) is 0 Å². The Morgan fingerprint density at radius 2 is 2.09 bits per heavy atom. The number of benzene rings is 1. The zero-order valence-electron chi connectivity index (χ0n) is 13.0. The molecule has 0 aliphatic carbocycles. The molecule has 0 atom stereocenters. The summed E-state index contributed by atoms with van der Waals surface area (Å²) in [5.41, 5.74) is 1.52. The molecule has 2 aromatic heterocycles. The Balaban J connectivity index is 1.69. The highest BCUT2D eigenvalue weighted by Crippen LogP contribution is 2.17. The van der Waals surface area contributed by atoms with Crippen molar-refractivity contribution in [3.05, 3.63) is 58.3 Å². The molecule has 0 aliphatic heterocycles. The second kappa shape index (κ2) is 6.70. The smallest absolute Gasteiger partial charge is 0.253 e. The van der Waals surface area contributed by atoms with Gasteiger partial charge in [0.05, 0.1) is 29.6 Å². The van der Waals surface area contributed by atoms with Crippen molar-refractivity contribution < 1.29 is 4.79 Å². The molecular formula is C16H17N5OS. The monoisotopic (exact) mass is 327 g/mol. The standard InChI is InChI=1S/C16H17N5OS/c1-3-15-17-10-14(23-15)11-20(2)16(22)12-4-6-13(7-5-12)21-9-8-18-19-21/h4-10H,3,11H2,1-2H3. The lowest BCUT2D eigenvalue weighted by atomic mass is 10.2. The maximum Gasteiger partial charge on any atom is 0.253 e. The molecule has 118 valence electrons. The van der Waals surface area contributed by atoms with Crippen molar-refractivity contribution in [2.45, 2.75) is 19.9 Å². The van der Waals surface area contributed by atoms with Crippen molar-refractivity contribution in [3.8, 4) is 5.69 Å². The minimum Gasteiger partial charge on any atom is -0.337 e. The van der Waals surface area contributed by atoms with Crippen LogP contribution >= 0.6 is 11.3 Å². The van der Waals surface area contributed by atoms with Crippen molar-refractivity contribution in [2.75, 3.05) is 7.05 Å². The SMILES string of the molecule is CCc1ncc(CN(C)C(=O)c2ccc(-n3ccnn3)cc2)s1. The Hall–Kier alpha value is -2.54. The number of hydrogen-bond donors (Lipinski definition) is 0. The Kier molecular flexibility index (Phi) is 4.47. The molecule has 0 unspecified atom stereocenters. The van der Waals surface area contributed by atoms with Gasteiger partial charge in [0.2, 0.25) is 0 Å². The lowest BCUT2D eigenvalue weighted by Crippen LogP contribution is -2.25. The Labute approximate surface area is 138 Å². The molecule has 7 heteroatoms. The van der Waals surface area contributed by atoms with Gasteiger partial charge in [-0.05, 0) is 30.7 Å². The summed E-state index contributed by atoms with van der Waals surface area (Å²) in [6.07, 6.45) is 6.15. The second-order valence-electron chi connectivity index (χ2n) is 5.13. The highest BCUT2D eigenvalue weighted by molar-refractivity contribution is 7.11. The maximum atomic E-state index is 12.5. The number of carbonyl (C=O) groups is 1. The van der Waals surface area contributed by atoms with E-state index in [9.17, 15) is 4.79 Å². The van der Waals surface area contributed by atoms with E-state index in [-0.39, 0.29) is 5.91 Å². The highest BCUT2D eigenvalue weighted by Gasteiger charge is 2.13. The summed E-state index contributed by atoms with van der Waals surface area (Å²) in [5.74, 6) is -0.0124. The summed E-state index contributed by atoms with van der Waals surface area (Å²) in [5, 5.41) is 8.80. The second-order valence-corrected chi connectivity index (χ2v) is 6.33. The quantitative estimate of drug-likeness (QED) is 0.722. The molecule has 0 spiro atoms. The number of hydrogen-bond acceptors (Lipinski definition) is 5. The van der Waals surface area contributed by atoms with Gasteiger partial charge in [0.1, 0.15) is 0 Å². The zero-order valence-corrected chi connectivity index (χ0v) is 13.8. The average molecular weight is 327 g/mol. The predicted molar refractivity (Wildman–Crippen MR) is 88.6 cm³/mol. The Morgan fingerprint density at radius 1 is 1.30 bits per heavy atom. The van der Waals surface area contributed by atoms with Gasteiger partial charge in [-0.25, -0.2) is 9.67 Å². The van der Waals surface area contributed by atoms with Crippen LogP contribution in [0.1, 0.15) is 27.2 Å². The third-order valence-corrected chi connectivity index (χ3v) is 4.57. The number of aryl methyl sites for hydroxylation is 1. The Morgan fingerprint density at radius 3 is 2.70 bits per heavy atom. The molecule has 3 aromatic rings. The fraction of sp³-hybridized carbons (Fsp3) is 0.250. The lowest BCUT2D eigenvalue weighted by Gasteiger charge is -2.16. The van der Waals surface area contributed by atoms with E-state index in [1.54, 1.807) is 52.5 Å². The van der Waals surface area contributed by atoms with Gasteiger partial charge >= 0.3 is 0 Å². The van der Waals surface area contributed by atoms with Crippen LogP contribution in [0.4, 0.5) is 0 Å². The molecule has 1 amide bonds. The van der Waals surface area contributed by atoms with Gasteiger partial charge in [0.15, 0.2) is 0 Å². The van der Waals surface area contributed by atoms with Gasteiger partial charge in [-0.2, -0.15) is 0 Å². The molecule has 0 N–H and O–H groups in total. The number of rotatable bonds is 5. The van der Waals surface area contributed by atoms with Gasteiger partial charge in [-0.15, -0.1) is 16.4 Å². The van der Waals surface area contributed by atoms with Crippen LogP contribution in [0.3, 0.4) is 0 Å². The molecular weight excluding hydrogens is 310 g/mol. The molecule has 0 saturated carbocycles. The van der Waals surface area contributed by atoms with Gasteiger partial charge in [-0.3, -0.25) is 4.79 Å². The van der Waals surface area contributed by atoms with Gasteiger partial charge in [0.25, 0.3) is 5.91 Å². The number of thiazole rings is 1. The van der Waals surface area contributed by atoms with Crippen LogP contribution in [-0.4, -0.2) is 37.8 Å². The van der Waals surface area contributed by atoms with Crippen LogP contribution in [-0.2, 0) is 13.0 Å². The predicted octanol–water partition coefficient (Wildman–Crippen LogP) is 2.56. The van der Waals surface area contributed by atoms with E-state index in [0.717, 1.165) is 22.0 Å². The van der Waals surface area contributed by atoms with E-state index in [4.69, 9.17) is 0 Å². The van der Waals surface area contributed by atoms with Crippen LogP contribution in [0.15, 0.2) is 42.9 Å². The molecule has 0 bridgehead atoms. The van der Waals surface area contributed by atoms with E-state index in [1.165, 1.54) is 0 Å². The van der Waals surface area contributed by atoms with Gasteiger partial charge in [-0.1, -0.05) is 12.1 Å². The van der Waals surface area contributed by atoms with E-state index >= 15 is 0 Å². The summed E-state index contributed by atoms with van der Waals surface area (Å²) in [7, 11) is 1.80. The summed E-state index contributed by atoms with van der Waals surface area (Å²) in [6, 6.07) is 7.33. The summed E-state index contributed by atoms with van der Waals surface area (Å²) >= 11 is 1.65.